The summed E-state index contributed by atoms with van der Waals surface area (Å²) in [5, 5.41) is 10.2. The molecular formula is C33H43NO. The highest BCUT2D eigenvalue weighted by atomic mass is 16.3. The molecule has 35 heavy (non-hydrogen) atoms. The van der Waals surface area contributed by atoms with Gasteiger partial charge < -0.3 is 10.0 Å². The Morgan fingerprint density at radius 1 is 1.09 bits per heavy atom. The number of hydrogen-bond acceptors (Lipinski definition) is 2. The maximum atomic E-state index is 10.2. The van der Waals surface area contributed by atoms with Crippen molar-refractivity contribution in [1.82, 2.24) is 0 Å². The molecule has 0 bridgehead atoms. The minimum Gasteiger partial charge on any atom is -0.508 e. The fraction of sp³-hybridized carbons (Fsp3) is 0.455. The molecular weight excluding hydrogens is 426 g/mol. The Morgan fingerprint density at radius 2 is 1.83 bits per heavy atom. The molecule has 2 aromatic rings. The number of benzene rings is 2. The summed E-state index contributed by atoms with van der Waals surface area (Å²) in [6, 6.07) is 15.4. The molecule has 0 spiro atoms. The van der Waals surface area contributed by atoms with Gasteiger partial charge in [-0.3, -0.25) is 0 Å². The molecule has 2 heteroatoms. The molecule has 2 atom stereocenters. The van der Waals surface area contributed by atoms with Gasteiger partial charge in [-0.05, 0) is 84.4 Å². The van der Waals surface area contributed by atoms with Gasteiger partial charge in [-0.15, -0.1) is 0 Å². The molecule has 2 aliphatic rings. The summed E-state index contributed by atoms with van der Waals surface area (Å²) in [4.78, 5) is 2.56. The van der Waals surface area contributed by atoms with Crippen LogP contribution >= 0.6 is 0 Å². The van der Waals surface area contributed by atoms with Crippen LogP contribution < -0.4 is 4.90 Å². The Bertz CT molecular complexity index is 1060. The van der Waals surface area contributed by atoms with Crippen LogP contribution in [0.5, 0.6) is 5.75 Å². The number of anilines is 1. The molecule has 1 heterocycles. The second-order valence-electron chi connectivity index (χ2n) is 10.7. The average Bonchev–Trinajstić information content (AvgIpc) is 2.88. The Hall–Kier alpha value is -2.74. The molecule has 1 fully saturated rings. The number of nitrogens with zero attached hydrogens (tertiary/aromatic N) is 1. The molecule has 0 amide bonds. The first kappa shape index (κ1) is 25.4. The lowest BCUT2D eigenvalue weighted by molar-refractivity contribution is 0.290. The molecule has 0 unspecified atom stereocenters. The van der Waals surface area contributed by atoms with Crippen molar-refractivity contribution in [2.75, 3.05) is 18.0 Å². The van der Waals surface area contributed by atoms with Gasteiger partial charge in [0, 0.05) is 24.7 Å². The third kappa shape index (κ3) is 5.42. The van der Waals surface area contributed by atoms with Gasteiger partial charge >= 0.3 is 0 Å². The van der Waals surface area contributed by atoms with Crippen LogP contribution in [-0.2, 0) is 6.42 Å². The number of aryl methyl sites for hydroxylation is 1. The predicted octanol–water partition coefficient (Wildman–Crippen LogP) is 8.57. The largest absolute Gasteiger partial charge is 0.508 e. The fourth-order valence-corrected chi connectivity index (χ4v) is 6.42. The van der Waals surface area contributed by atoms with Gasteiger partial charge in [0.05, 0.1) is 0 Å². The van der Waals surface area contributed by atoms with Gasteiger partial charge in [0.2, 0.25) is 0 Å². The molecule has 1 aliphatic heterocycles. The number of hydrogen-bond donors (Lipinski definition) is 1. The standard InChI is InChI=1S/C33H43NO/c1-5-8-9-11-28(10-6-2)33(4)21-18-27-24-30(35)16-17-31(27)32(33)26-12-14-29(15-13-26)34-22-19-25(7-3)20-23-34/h5,8-9,11-17,24-25,32,35H,1,6-7,10,18-23H2,2-4H3/b9-8-,28-11+/t32-,33-/m0/s1. The number of allylic oxidation sites excluding steroid dienone is 5. The lowest BCUT2D eigenvalue weighted by Crippen LogP contribution is -2.34. The Labute approximate surface area is 213 Å². The van der Waals surface area contributed by atoms with Crippen LogP contribution in [-0.4, -0.2) is 18.2 Å². The van der Waals surface area contributed by atoms with E-state index in [0.29, 0.717) is 5.75 Å². The van der Waals surface area contributed by atoms with Crippen molar-refractivity contribution in [2.24, 2.45) is 11.3 Å². The lowest BCUT2D eigenvalue weighted by Gasteiger charge is -2.45. The summed E-state index contributed by atoms with van der Waals surface area (Å²) >= 11 is 0. The van der Waals surface area contributed by atoms with E-state index in [4.69, 9.17) is 0 Å². The molecule has 0 radical (unpaired) electrons. The van der Waals surface area contributed by atoms with Gasteiger partial charge in [0.1, 0.15) is 5.75 Å². The summed E-state index contributed by atoms with van der Waals surface area (Å²) in [7, 11) is 0. The zero-order chi connectivity index (χ0) is 24.8. The molecule has 1 aliphatic carbocycles. The van der Waals surface area contributed by atoms with E-state index in [2.05, 4.69) is 74.7 Å². The van der Waals surface area contributed by atoms with E-state index >= 15 is 0 Å². The van der Waals surface area contributed by atoms with Crippen LogP contribution in [0, 0.1) is 11.3 Å². The average molecular weight is 470 g/mol. The van der Waals surface area contributed by atoms with Crippen molar-refractivity contribution in [3.63, 3.8) is 0 Å². The molecule has 2 nitrogen and oxygen atoms in total. The van der Waals surface area contributed by atoms with E-state index in [-0.39, 0.29) is 11.3 Å². The van der Waals surface area contributed by atoms with Crippen LogP contribution in [0.1, 0.15) is 81.9 Å². The van der Waals surface area contributed by atoms with Crippen LogP contribution in [0.3, 0.4) is 0 Å². The summed E-state index contributed by atoms with van der Waals surface area (Å²) in [6.07, 6.45) is 16.6. The molecule has 4 rings (SSSR count). The van der Waals surface area contributed by atoms with Gasteiger partial charge in [-0.2, -0.15) is 0 Å². The molecule has 186 valence electrons. The maximum absolute atomic E-state index is 10.2. The number of rotatable bonds is 8. The van der Waals surface area contributed by atoms with Gasteiger partial charge in [0.15, 0.2) is 0 Å². The van der Waals surface area contributed by atoms with Gasteiger partial charge in [0.25, 0.3) is 0 Å². The van der Waals surface area contributed by atoms with E-state index in [1.165, 1.54) is 60.3 Å². The summed E-state index contributed by atoms with van der Waals surface area (Å²) < 4.78 is 0. The van der Waals surface area contributed by atoms with Crippen LogP contribution in [0.4, 0.5) is 5.69 Å². The van der Waals surface area contributed by atoms with E-state index in [9.17, 15) is 5.11 Å². The number of fused-ring (bicyclic) bond motifs is 1. The minimum absolute atomic E-state index is 0.0203. The first-order valence-electron chi connectivity index (χ1n) is 13.7. The van der Waals surface area contributed by atoms with E-state index in [1.54, 1.807) is 0 Å². The van der Waals surface area contributed by atoms with E-state index in [0.717, 1.165) is 31.6 Å². The minimum atomic E-state index is 0.0203. The van der Waals surface area contributed by atoms with Gasteiger partial charge in [-0.25, -0.2) is 0 Å². The molecule has 0 saturated carbocycles. The molecule has 0 aromatic heterocycles. The van der Waals surface area contributed by atoms with Crippen LogP contribution in [0.25, 0.3) is 0 Å². The first-order valence-corrected chi connectivity index (χ1v) is 13.7. The van der Waals surface area contributed by atoms with Crippen molar-refractivity contribution in [2.45, 2.75) is 71.6 Å². The fourth-order valence-electron chi connectivity index (χ4n) is 6.42. The highest BCUT2D eigenvalue weighted by molar-refractivity contribution is 5.53. The highest BCUT2D eigenvalue weighted by Gasteiger charge is 2.42. The quantitative estimate of drug-likeness (QED) is 0.391. The Balaban J connectivity index is 1.72. The smallest absolute Gasteiger partial charge is 0.115 e. The summed E-state index contributed by atoms with van der Waals surface area (Å²) in [5.41, 5.74) is 6.91. The van der Waals surface area contributed by atoms with Crippen LogP contribution in [0.2, 0.25) is 0 Å². The van der Waals surface area contributed by atoms with Gasteiger partial charge in [-0.1, -0.05) is 88.3 Å². The monoisotopic (exact) mass is 469 g/mol. The van der Waals surface area contributed by atoms with Crippen LogP contribution in [0.15, 0.2) is 78.9 Å². The number of phenolic OH excluding ortho intramolecular Hbond substituents is 1. The number of phenols is 1. The van der Waals surface area contributed by atoms with Crippen molar-refractivity contribution >= 4 is 5.69 Å². The summed E-state index contributed by atoms with van der Waals surface area (Å²) in [5.74, 6) is 1.53. The SMILES string of the molecule is C=C/C=C\C=C(/CCC)[C@]1(C)CCc2cc(O)ccc2[C@@H]1c1ccc(N2CCC(CC)CC2)cc1. The zero-order valence-electron chi connectivity index (χ0n) is 22.0. The third-order valence-corrected chi connectivity index (χ3v) is 8.57. The first-order chi connectivity index (χ1) is 17.0. The highest BCUT2D eigenvalue weighted by Crippen LogP contribution is 2.54. The predicted molar refractivity (Wildman–Crippen MR) is 150 cm³/mol. The third-order valence-electron chi connectivity index (χ3n) is 8.57. The van der Waals surface area contributed by atoms with Crippen molar-refractivity contribution in [3.05, 3.63) is 95.6 Å². The number of aromatic hydroxyl groups is 1. The molecule has 2 aromatic carbocycles. The summed E-state index contributed by atoms with van der Waals surface area (Å²) in [6.45, 7) is 13.2. The Morgan fingerprint density at radius 3 is 2.49 bits per heavy atom. The normalized spacial score (nSPS) is 23.5. The topological polar surface area (TPSA) is 23.5 Å². The molecule has 1 N–H and O–H groups in total. The second-order valence-corrected chi connectivity index (χ2v) is 10.7. The Kier molecular flexibility index (Phi) is 8.21. The maximum Gasteiger partial charge on any atom is 0.115 e. The van der Waals surface area contributed by atoms with Crippen molar-refractivity contribution in [1.29, 1.82) is 0 Å². The van der Waals surface area contributed by atoms with E-state index < -0.39 is 0 Å². The number of piperidine rings is 1. The van der Waals surface area contributed by atoms with Crippen molar-refractivity contribution < 1.29 is 5.11 Å². The second kappa shape index (κ2) is 11.3. The van der Waals surface area contributed by atoms with E-state index in [1.807, 2.05) is 24.3 Å². The zero-order valence-corrected chi connectivity index (χ0v) is 22.0. The molecule has 1 saturated heterocycles. The van der Waals surface area contributed by atoms with Crippen molar-refractivity contribution in [3.8, 4) is 5.75 Å². The lowest BCUT2D eigenvalue weighted by atomic mass is 9.58.